The lowest BCUT2D eigenvalue weighted by atomic mass is 10.8. The fraction of sp³-hybridized carbons (Fsp3) is 0.600. The zero-order valence-electron chi connectivity index (χ0n) is 5.09. The van der Waals surface area contributed by atoms with E-state index in [9.17, 15) is 0 Å². The molecule has 1 heterocycles. The van der Waals surface area contributed by atoms with Gasteiger partial charge in [-0.05, 0) is 19.5 Å². The Morgan fingerprint density at radius 2 is 2.38 bits per heavy atom. The molecule has 0 spiro atoms. The zero-order valence-corrected chi connectivity index (χ0v) is 5.90. The van der Waals surface area contributed by atoms with E-state index in [-0.39, 0.29) is 0 Å². The Morgan fingerprint density at radius 1 is 1.62 bits per heavy atom. The summed E-state index contributed by atoms with van der Waals surface area (Å²) in [5.41, 5.74) is 0.454. The Bertz CT molecular complexity index is 92.6. The first-order chi connectivity index (χ1) is 3.80. The standard InChI is InChI=1S/C5H10N2S/c1-7(2)5-6-3-4-8-5/h3-6H,1-2H3. The first kappa shape index (κ1) is 5.98. The fourth-order valence-corrected chi connectivity index (χ4v) is 1.25. The topological polar surface area (TPSA) is 15.3 Å². The lowest BCUT2D eigenvalue weighted by Gasteiger charge is -2.17. The van der Waals surface area contributed by atoms with Gasteiger partial charge in [-0.1, -0.05) is 11.8 Å². The minimum absolute atomic E-state index is 0.454. The normalized spacial score (nSPS) is 26.6. The number of nitrogens with zero attached hydrogens (tertiary/aromatic N) is 1. The van der Waals surface area contributed by atoms with Crippen LogP contribution in [0, 0.1) is 0 Å². The van der Waals surface area contributed by atoms with Gasteiger partial charge >= 0.3 is 0 Å². The highest BCUT2D eigenvalue weighted by atomic mass is 32.2. The van der Waals surface area contributed by atoms with Gasteiger partial charge in [0.05, 0.1) is 0 Å². The molecule has 0 bridgehead atoms. The van der Waals surface area contributed by atoms with Crippen LogP contribution in [0.5, 0.6) is 0 Å². The molecule has 1 aliphatic rings. The average molecular weight is 130 g/mol. The Kier molecular flexibility index (Phi) is 1.81. The van der Waals surface area contributed by atoms with Crippen molar-refractivity contribution in [1.29, 1.82) is 0 Å². The first-order valence-electron chi connectivity index (χ1n) is 2.53. The number of hydrogen-bond acceptors (Lipinski definition) is 3. The van der Waals surface area contributed by atoms with Crippen LogP contribution in [-0.4, -0.2) is 24.5 Å². The molecule has 0 saturated heterocycles. The van der Waals surface area contributed by atoms with Crippen LogP contribution in [-0.2, 0) is 0 Å². The van der Waals surface area contributed by atoms with Gasteiger partial charge in [-0.3, -0.25) is 4.90 Å². The van der Waals surface area contributed by atoms with Crippen LogP contribution >= 0.6 is 11.8 Å². The molecule has 0 radical (unpaired) electrons. The Balaban J connectivity index is 2.29. The molecule has 1 unspecified atom stereocenters. The third kappa shape index (κ3) is 1.17. The monoisotopic (exact) mass is 130 g/mol. The third-order valence-electron chi connectivity index (χ3n) is 0.983. The van der Waals surface area contributed by atoms with Crippen LogP contribution in [0.2, 0.25) is 0 Å². The second-order valence-corrected chi connectivity index (χ2v) is 2.91. The largest absolute Gasteiger partial charge is 0.366 e. The van der Waals surface area contributed by atoms with E-state index in [1.165, 1.54) is 0 Å². The quantitative estimate of drug-likeness (QED) is 0.560. The van der Waals surface area contributed by atoms with Crippen LogP contribution in [0.25, 0.3) is 0 Å². The summed E-state index contributed by atoms with van der Waals surface area (Å²) in [6.45, 7) is 0. The number of rotatable bonds is 1. The SMILES string of the molecule is CN(C)C1NC=CS1. The van der Waals surface area contributed by atoms with Crippen molar-refractivity contribution in [3.05, 3.63) is 11.6 Å². The third-order valence-corrected chi connectivity index (χ3v) is 2.09. The van der Waals surface area contributed by atoms with Crippen molar-refractivity contribution < 1.29 is 0 Å². The highest BCUT2D eigenvalue weighted by molar-refractivity contribution is 8.02. The van der Waals surface area contributed by atoms with Gasteiger partial charge in [-0.25, -0.2) is 0 Å². The summed E-state index contributed by atoms with van der Waals surface area (Å²) in [6, 6.07) is 0. The summed E-state index contributed by atoms with van der Waals surface area (Å²) in [4.78, 5) is 2.13. The molecule has 1 N–H and O–H groups in total. The molecule has 1 rings (SSSR count). The second kappa shape index (κ2) is 2.42. The lowest BCUT2D eigenvalue weighted by Crippen LogP contribution is -2.32. The van der Waals surface area contributed by atoms with E-state index in [0.717, 1.165) is 0 Å². The van der Waals surface area contributed by atoms with Crippen molar-refractivity contribution in [3.8, 4) is 0 Å². The van der Waals surface area contributed by atoms with E-state index in [4.69, 9.17) is 0 Å². The van der Waals surface area contributed by atoms with E-state index >= 15 is 0 Å². The van der Waals surface area contributed by atoms with E-state index in [0.29, 0.717) is 5.50 Å². The van der Waals surface area contributed by atoms with E-state index in [2.05, 4.69) is 29.7 Å². The van der Waals surface area contributed by atoms with E-state index in [1.54, 1.807) is 11.8 Å². The Morgan fingerprint density at radius 3 is 2.62 bits per heavy atom. The molecule has 46 valence electrons. The molecule has 8 heavy (non-hydrogen) atoms. The van der Waals surface area contributed by atoms with Gasteiger partial charge in [-0.2, -0.15) is 0 Å². The molecule has 0 amide bonds. The van der Waals surface area contributed by atoms with Crippen LogP contribution in [0.4, 0.5) is 0 Å². The van der Waals surface area contributed by atoms with Crippen LogP contribution in [0.1, 0.15) is 0 Å². The van der Waals surface area contributed by atoms with Gasteiger partial charge in [-0.15, -0.1) is 0 Å². The molecule has 0 aromatic rings. The van der Waals surface area contributed by atoms with Crippen molar-refractivity contribution in [2.24, 2.45) is 0 Å². The highest BCUT2D eigenvalue weighted by Crippen LogP contribution is 2.15. The number of thioether (sulfide) groups is 1. The lowest BCUT2D eigenvalue weighted by molar-refractivity contribution is 0.363. The molecule has 1 aliphatic heterocycles. The van der Waals surface area contributed by atoms with Gasteiger partial charge in [0.15, 0.2) is 0 Å². The molecular weight excluding hydrogens is 120 g/mol. The van der Waals surface area contributed by atoms with E-state index < -0.39 is 0 Å². The molecule has 0 aromatic heterocycles. The number of hydrogen-bond donors (Lipinski definition) is 1. The minimum atomic E-state index is 0.454. The summed E-state index contributed by atoms with van der Waals surface area (Å²) in [7, 11) is 4.11. The van der Waals surface area contributed by atoms with Gasteiger partial charge in [0.1, 0.15) is 5.50 Å². The molecule has 0 saturated carbocycles. The first-order valence-corrected chi connectivity index (χ1v) is 3.48. The summed E-state index contributed by atoms with van der Waals surface area (Å²) in [5, 5.41) is 5.22. The van der Waals surface area contributed by atoms with Gasteiger partial charge in [0, 0.05) is 6.20 Å². The minimum Gasteiger partial charge on any atom is -0.366 e. The van der Waals surface area contributed by atoms with Crippen LogP contribution < -0.4 is 5.32 Å². The molecule has 2 nitrogen and oxygen atoms in total. The predicted molar refractivity (Wildman–Crippen MR) is 37.3 cm³/mol. The summed E-state index contributed by atoms with van der Waals surface area (Å²) in [5.74, 6) is 0. The Hall–Kier alpha value is -0.150. The van der Waals surface area contributed by atoms with Crippen molar-refractivity contribution in [3.63, 3.8) is 0 Å². The molecular formula is C5H10N2S. The average Bonchev–Trinajstić information content (AvgIpc) is 2.12. The summed E-state index contributed by atoms with van der Waals surface area (Å²) >= 11 is 1.78. The van der Waals surface area contributed by atoms with Gasteiger partial charge < -0.3 is 5.32 Å². The molecule has 3 heteroatoms. The van der Waals surface area contributed by atoms with Crippen LogP contribution in [0.15, 0.2) is 11.6 Å². The molecule has 1 atom stereocenters. The molecule has 0 fully saturated rings. The molecule has 0 aromatic carbocycles. The second-order valence-electron chi connectivity index (χ2n) is 1.92. The van der Waals surface area contributed by atoms with Crippen molar-refractivity contribution >= 4 is 11.8 Å². The van der Waals surface area contributed by atoms with Gasteiger partial charge in [0.2, 0.25) is 0 Å². The zero-order chi connectivity index (χ0) is 5.98. The van der Waals surface area contributed by atoms with E-state index in [1.807, 2.05) is 6.20 Å². The van der Waals surface area contributed by atoms with Crippen molar-refractivity contribution in [2.45, 2.75) is 5.50 Å². The predicted octanol–water partition coefficient (Wildman–Crippen LogP) is 0.639. The maximum absolute atomic E-state index is 3.16. The van der Waals surface area contributed by atoms with Crippen molar-refractivity contribution in [1.82, 2.24) is 10.2 Å². The number of nitrogens with one attached hydrogen (secondary N) is 1. The highest BCUT2D eigenvalue weighted by Gasteiger charge is 2.10. The fourth-order valence-electron chi connectivity index (χ4n) is 0.545. The van der Waals surface area contributed by atoms with Gasteiger partial charge in [0.25, 0.3) is 0 Å². The molecule has 0 aliphatic carbocycles. The maximum atomic E-state index is 3.16. The Labute approximate surface area is 53.9 Å². The maximum Gasteiger partial charge on any atom is 0.131 e. The smallest absolute Gasteiger partial charge is 0.131 e. The summed E-state index contributed by atoms with van der Waals surface area (Å²) in [6.07, 6.45) is 1.97. The van der Waals surface area contributed by atoms with Crippen molar-refractivity contribution in [2.75, 3.05) is 14.1 Å². The summed E-state index contributed by atoms with van der Waals surface area (Å²) < 4.78 is 0. The van der Waals surface area contributed by atoms with Crippen LogP contribution in [0.3, 0.4) is 0 Å².